The van der Waals surface area contributed by atoms with Crippen LogP contribution in [0.25, 0.3) is 0 Å². The number of alkyl carbamates (subject to hydrolysis) is 1. The molecule has 9 heteroatoms. The first-order valence-electron chi connectivity index (χ1n) is 13.6. The van der Waals surface area contributed by atoms with Gasteiger partial charge in [-0.1, -0.05) is 68.4 Å². The van der Waals surface area contributed by atoms with Crippen LogP contribution < -0.4 is 16.0 Å². The Labute approximate surface area is 236 Å². The average molecular weight is 552 g/mol. The number of ether oxygens (including phenoxy) is 2. The lowest BCUT2D eigenvalue weighted by atomic mass is 9.93. The molecule has 40 heavy (non-hydrogen) atoms. The number of hydrogen-bond donors (Lipinski definition) is 3. The summed E-state index contributed by atoms with van der Waals surface area (Å²) in [5.74, 6) is -1.47. The molecule has 2 aromatic carbocycles. The van der Waals surface area contributed by atoms with E-state index in [1.165, 1.54) is 7.11 Å². The summed E-state index contributed by atoms with van der Waals surface area (Å²) in [5, 5.41) is 8.49. The Balaban J connectivity index is 1.91. The maximum Gasteiger partial charge on any atom is 0.408 e. The number of methoxy groups -OCH3 is 1. The van der Waals surface area contributed by atoms with Crippen LogP contribution >= 0.6 is 0 Å². The van der Waals surface area contributed by atoms with Gasteiger partial charge in [0.15, 0.2) is 0 Å². The molecule has 9 nitrogen and oxygen atoms in total. The van der Waals surface area contributed by atoms with Crippen LogP contribution in [0.1, 0.15) is 57.7 Å². The first-order valence-corrected chi connectivity index (χ1v) is 13.6. The van der Waals surface area contributed by atoms with Crippen LogP contribution in [-0.2, 0) is 43.1 Å². The molecule has 0 heterocycles. The van der Waals surface area contributed by atoms with Crippen molar-refractivity contribution in [2.45, 2.75) is 83.5 Å². The number of carbonyl (C=O) groups is 4. The summed E-state index contributed by atoms with van der Waals surface area (Å²) in [5.41, 5.74) is 0.564. The van der Waals surface area contributed by atoms with Crippen LogP contribution in [0, 0.1) is 5.92 Å². The smallest absolute Gasteiger partial charge is 0.408 e. The highest BCUT2D eigenvalue weighted by atomic mass is 16.6. The summed E-state index contributed by atoms with van der Waals surface area (Å²) >= 11 is 0. The van der Waals surface area contributed by atoms with Gasteiger partial charge in [-0.05, 0) is 49.8 Å². The maximum absolute atomic E-state index is 14.0. The summed E-state index contributed by atoms with van der Waals surface area (Å²) in [6, 6.07) is 15.0. The Morgan fingerprint density at radius 3 is 1.98 bits per heavy atom. The average Bonchev–Trinajstić information content (AvgIpc) is 3.25. The first kappa shape index (κ1) is 30.7. The summed E-state index contributed by atoms with van der Waals surface area (Å²) in [7, 11) is 1.27. The van der Waals surface area contributed by atoms with Gasteiger partial charge >= 0.3 is 12.1 Å². The molecular formula is C31H41N3O6. The number of amides is 3. The molecule has 1 aliphatic carbocycles. The Morgan fingerprint density at radius 2 is 1.45 bits per heavy atom. The van der Waals surface area contributed by atoms with Crippen molar-refractivity contribution in [3.8, 4) is 0 Å². The highest BCUT2D eigenvalue weighted by Crippen LogP contribution is 2.31. The predicted octanol–water partition coefficient (Wildman–Crippen LogP) is 3.48. The Hall–Kier alpha value is -3.88. The third-order valence-corrected chi connectivity index (χ3v) is 6.69. The first-order chi connectivity index (χ1) is 18.8. The minimum atomic E-state index is -1.36. The molecule has 0 bridgehead atoms. The van der Waals surface area contributed by atoms with Crippen LogP contribution in [0.3, 0.4) is 0 Å². The van der Waals surface area contributed by atoms with Crippen LogP contribution in [-0.4, -0.2) is 54.2 Å². The molecule has 0 radical (unpaired) electrons. The molecule has 1 aliphatic rings. The molecule has 1 unspecified atom stereocenters. The molecular weight excluding hydrogens is 510 g/mol. The van der Waals surface area contributed by atoms with Crippen LogP contribution in [0.15, 0.2) is 54.6 Å². The fourth-order valence-electron chi connectivity index (χ4n) is 4.88. The number of hydrogen-bond acceptors (Lipinski definition) is 6. The number of nitrogens with one attached hydrogen (secondary N) is 3. The minimum Gasteiger partial charge on any atom is -0.467 e. The fraction of sp³-hybridized carbons (Fsp3) is 0.484. The van der Waals surface area contributed by atoms with E-state index in [9.17, 15) is 19.2 Å². The zero-order valence-electron chi connectivity index (χ0n) is 24.2. The van der Waals surface area contributed by atoms with E-state index in [-0.39, 0.29) is 25.2 Å². The molecule has 0 saturated heterocycles. The number of carbonyl (C=O) groups excluding carboxylic acids is 4. The molecule has 2 aromatic rings. The Morgan fingerprint density at radius 1 is 0.875 bits per heavy atom. The number of esters is 1. The molecule has 0 fully saturated rings. The van der Waals surface area contributed by atoms with Crippen molar-refractivity contribution < 1.29 is 28.7 Å². The fourth-order valence-corrected chi connectivity index (χ4v) is 4.88. The SMILES string of the molecule is COC(=O)C(CC(C)C)NC(=O)[C@@H](Cc1ccccc1)NC(=O)C1(NC(=O)OC(C)(C)C)Cc2ccccc2C1. The van der Waals surface area contributed by atoms with E-state index in [1.54, 1.807) is 20.8 Å². The number of rotatable bonds is 10. The van der Waals surface area contributed by atoms with Crippen molar-refractivity contribution in [1.29, 1.82) is 0 Å². The Bertz CT molecular complexity index is 1180. The van der Waals surface area contributed by atoms with Gasteiger partial charge in [0, 0.05) is 19.3 Å². The van der Waals surface area contributed by atoms with Gasteiger partial charge in [-0.25, -0.2) is 9.59 Å². The summed E-state index contributed by atoms with van der Waals surface area (Å²) in [6.45, 7) is 9.12. The molecule has 0 aliphatic heterocycles. The van der Waals surface area contributed by atoms with Crippen molar-refractivity contribution >= 4 is 23.9 Å². The lowest BCUT2D eigenvalue weighted by molar-refractivity contribution is -0.146. The second kappa shape index (κ2) is 13.0. The van der Waals surface area contributed by atoms with Gasteiger partial charge in [0.25, 0.3) is 0 Å². The van der Waals surface area contributed by atoms with Gasteiger partial charge in [0.2, 0.25) is 11.8 Å². The molecule has 3 amide bonds. The van der Waals surface area contributed by atoms with Gasteiger partial charge in [0.1, 0.15) is 23.2 Å². The van der Waals surface area contributed by atoms with Gasteiger partial charge < -0.3 is 25.4 Å². The van der Waals surface area contributed by atoms with E-state index in [4.69, 9.17) is 9.47 Å². The van der Waals surface area contributed by atoms with Crippen molar-refractivity contribution in [3.05, 3.63) is 71.3 Å². The largest absolute Gasteiger partial charge is 0.467 e. The zero-order valence-corrected chi connectivity index (χ0v) is 24.2. The second-order valence-electron chi connectivity index (χ2n) is 11.8. The quantitative estimate of drug-likeness (QED) is 0.389. The molecule has 216 valence electrons. The summed E-state index contributed by atoms with van der Waals surface area (Å²) in [4.78, 5) is 53.0. The van der Waals surface area contributed by atoms with Crippen LogP contribution in [0.5, 0.6) is 0 Å². The molecule has 3 N–H and O–H groups in total. The van der Waals surface area contributed by atoms with E-state index >= 15 is 0 Å². The summed E-state index contributed by atoms with van der Waals surface area (Å²) < 4.78 is 10.4. The maximum atomic E-state index is 14.0. The monoisotopic (exact) mass is 551 g/mol. The van der Waals surface area contributed by atoms with E-state index in [2.05, 4.69) is 16.0 Å². The van der Waals surface area contributed by atoms with Crippen LogP contribution in [0.4, 0.5) is 4.79 Å². The van der Waals surface area contributed by atoms with Crippen LogP contribution in [0.2, 0.25) is 0 Å². The molecule has 0 saturated carbocycles. The lowest BCUT2D eigenvalue weighted by Gasteiger charge is -2.32. The summed E-state index contributed by atoms with van der Waals surface area (Å²) in [6.07, 6.45) is 0.327. The van der Waals surface area contributed by atoms with Crippen molar-refractivity contribution in [3.63, 3.8) is 0 Å². The molecule has 3 rings (SSSR count). The normalized spacial score (nSPS) is 15.4. The number of benzene rings is 2. The molecule has 0 spiro atoms. The highest BCUT2D eigenvalue weighted by molar-refractivity contribution is 5.96. The lowest BCUT2D eigenvalue weighted by Crippen LogP contribution is -2.64. The highest BCUT2D eigenvalue weighted by Gasteiger charge is 2.47. The van der Waals surface area contributed by atoms with Crippen molar-refractivity contribution in [1.82, 2.24) is 16.0 Å². The predicted molar refractivity (Wildman–Crippen MR) is 151 cm³/mol. The topological polar surface area (TPSA) is 123 Å². The number of fused-ring (bicyclic) bond motifs is 1. The van der Waals surface area contributed by atoms with Gasteiger partial charge in [-0.2, -0.15) is 0 Å². The van der Waals surface area contributed by atoms with E-state index in [1.807, 2.05) is 68.4 Å². The Kier molecular flexibility index (Phi) is 9.95. The molecule has 0 aromatic heterocycles. The van der Waals surface area contributed by atoms with Gasteiger partial charge in [-0.3, -0.25) is 9.59 Å². The van der Waals surface area contributed by atoms with E-state index in [0.717, 1.165) is 16.7 Å². The van der Waals surface area contributed by atoms with E-state index < -0.39 is 47.1 Å². The standard InChI is InChI=1S/C31H41N3O6/c1-20(2)16-25(27(36)39-6)32-26(35)24(17-21-12-8-7-9-13-21)33-28(37)31(34-29(38)40-30(3,4)5)18-22-14-10-11-15-23(22)19-31/h7-15,20,24-25H,16-19H2,1-6H3,(H,32,35)(H,33,37)(H,34,38)/t24-,25?/m1/s1. The zero-order chi connectivity index (χ0) is 29.5. The van der Waals surface area contributed by atoms with Gasteiger partial charge in [-0.15, -0.1) is 0 Å². The third kappa shape index (κ3) is 8.31. The minimum absolute atomic E-state index is 0.116. The van der Waals surface area contributed by atoms with Gasteiger partial charge in [0.05, 0.1) is 7.11 Å². The van der Waals surface area contributed by atoms with Crippen molar-refractivity contribution in [2.24, 2.45) is 5.92 Å². The van der Waals surface area contributed by atoms with E-state index in [0.29, 0.717) is 6.42 Å². The molecule has 2 atom stereocenters. The van der Waals surface area contributed by atoms with Crippen molar-refractivity contribution in [2.75, 3.05) is 7.11 Å². The second-order valence-corrected chi connectivity index (χ2v) is 11.8. The third-order valence-electron chi connectivity index (χ3n) is 6.69.